The highest BCUT2D eigenvalue weighted by atomic mass is 16.5. The molecule has 128 valence electrons. The molecule has 1 aliphatic heterocycles. The highest BCUT2D eigenvalue weighted by Gasteiger charge is 2.22. The number of hydrogen-bond acceptors (Lipinski definition) is 6. The third-order valence-electron chi connectivity index (χ3n) is 4.07. The first-order valence-corrected chi connectivity index (χ1v) is 8.12. The zero-order valence-electron chi connectivity index (χ0n) is 13.5. The first-order valence-electron chi connectivity index (χ1n) is 8.12. The molecule has 1 aromatic carbocycles. The van der Waals surface area contributed by atoms with E-state index in [-0.39, 0.29) is 12.5 Å². The molecule has 1 amide bonds. The van der Waals surface area contributed by atoms with Crippen LogP contribution in [-0.2, 0) is 6.61 Å². The predicted molar refractivity (Wildman–Crippen MR) is 87.3 cm³/mol. The van der Waals surface area contributed by atoms with E-state index in [1.165, 1.54) is 6.33 Å². The second kappa shape index (κ2) is 6.76. The van der Waals surface area contributed by atoms with Crippen molar-refractivity contribution in [2.24, 2.45) is 0 Å². The number of nitrogens with zero attached hydrogens (tertiary/aromatic N) is 5. The molecule has 1 aliphatic rings. The van der Waals surface area contributed by atoms with E-state index in [2.05, 4.69) is 15.2 Å². The Hall–Kier alpha value is -3.16. The SMILES string of the molecule is O=C(c1cc(COc2ccc(-n3cncn3)cc2)on1)N1CCCC1. The maximum Gasteiger partial charge on any atom is 0.276 e. The third kappa shape index (κ3) is 3.37. The largest absolute Gasteiger partial charge is 0.486 e. The number of ether oxygens (including phenoxy) is 1. The lowest BCUT2D eigenvalue weighted by Gasteiger charge is -2.12. The Kier molecular flexibility index (Phi) is 4.16. The summed E-state index contributed by atoms with van der Waals surface area (Å²) in [4.78, 5) is 17.9. The van der Waals surface area contributed by atoms with Crippen LogP contribution in [0.2, 0.25) is 0 Å². The Morgan fingerprint density at radius 1 is 1.20 bits per heavy atom. The fourth-order valence-corrected chi connectivity index (χ4v) is 2.76. The number of likely N-dealkylation sites (tertiary alicyclic amines) is 1. The summed E-state index contributed by atoms with van der Waals surface area (Å²) in [6.45, 7) is 1.79. The average Bonchev–Trinajstić information content (AvgIpc) is 3.42. The molecule has 0 bridgehead atoms. The van der Waals surface area contributed by atoms with E-state index in [1.807, 2.05) is 24.3 Å². The van der Waals surface area contributed by atoms with Crippen molar-refractivity contribution in [3.05, 3.63) is 54.4 Å². The van der Waals surface area contributed by atoms with Gasteiger partial charge < -0.3 is 14.2 Å². The average molecular weight is 339 g/mol. The second-order valence-corrected chi connectivity index (χ2v) is 5.80. The van der Waals surface area contributed by atoms with E-state index in [0.29, 0.717) is 17.2 Å². The second-order valence-electron chi connectivity index (χ2n) is 5.80. The molecule has 0 aliphatic carbocycles. The van der Waals surface area contributed by atoms with Gasteiger partial charge in [0, 0.05) is 19.2 Å². The molecule has 0 unspecified atom stereocenters. The molecular formula is C17H17N5O3. The summed E-state index contributed by atoms with van der Waals surface area (Å²) in [7, 11) is 0. The van der Waals surface area contributed by atoms with Gasteiger partial charge in [0.1, 0.15) is 25.0 Å². The van der Waals surface area contributed by atoms with Gasteiger partial charge in [0.2, 0.25) is 0 Å². The molecule has 0 spiro atoms. The fourth-order valence-electron chi connectivity index (χ4n) is 2.76. The molecule has 0 N–H and O–H groups in total. The van der Waals surface area contributed by atoms with Gasteiger partial charge in [0.15, 0.2) is 11.5 Å². The minimum atomic E-state index is -0.0790. The quantitative estimate of drug-likeness (QED) is 0.707. The maximum atomic E-state index is 12.2. The zero-order chi connectivity index (χ0) is 17.1. The van der Waals surface area contributed by atoms with Crippen molar-refractivity contribution in [2.75, 3.05) is 13.1 Å². The Morgan fingerprint density at radius 2 is 2.00 bits per heavy atom. The number of aromatic nitrogens is 4. The van der Waals surface area contributed by atoms with Crippen LogP contribution in [0.4, 0.5) is 0 Å². The van der Waals surface area contributed by atoms with E-state index in [0.717, 1.165) is 31.6 Å². The van der Waals surface area contributed by atoms with Gasteiger partial charge in [-0.1, -0.05) is 5.16 Å². The normalized spacial score (nSPS) is 14.0. The van der Waals surface area contributed by atoms with Crippen LogP contribution in [0.3, 0.4) is 0 Å². The van der Waals surface area contributed by atoms with Crippen molar-refractivity contribution in [1.82, 2.24) is 24.8 Å². The number of rotatable bonds is 5. The van der Waals surface area contributed by atoms with Gasteiger partial charge in [-0.3, -0.25) is 4.79 Å². The van der Waals surface area contributed by atoms with Crippen molar-refractivity contribution < 1.29 is 14.1 Å². The standard InChI is InChI=1S/C17H17N5O3/c23-17(21-7-1-2-8-21)16-9-15(25-20-16)10-24-14-5-3-13(4-6-14)22-12-18-11-19-22/h3-6,9,11-12H,1-2,7-8,10H2. The van der Waals surface area contributed by atoms with Crippen molar-refractivity contribution in [2.45, 2.75) is 19.4 Å². The first-order chi connectivity index (χ1) is 12.3. The fraction of sp³-hybridized carbons (Fsp3) is 0.294. The summed E-state index contributed by atoms with van der Waals surface area (Å²) >= 11 is 0. The lowest BCUT2D eigenvalue weighted by Crippen LogP contribution is -2.27. The van der Waals surface area contributed by atoms with Crippen LogP contribution in [-0.4, -0.2) is 43.8 Å². The summed E-state index contributed by atoms with van der Waals surface area (Å²) in [5.41, 5.74) is 1.23. The lowest BCUT2D eigenvalue weighted by molar-refractivity contribution is 0.0782. The topological polar surface area (TPSA) is 86.3 Å². The zero-order valence-corrected chi connectivity index (χ0v) is 13.5. The van der Waals surface area contributed by atoms with Crippen molar-refractivity contribution >= 4 is 5.91 Å². The highest BCUT2D eigenvalue weighted by Crippen LogP contribution is 2.17. The minimum absolute atomic E-state index is 0.0790. The van der Waals surface area contributed by atoms with Crippen LogP contribution in [0.5, 0.6) is 5.75 Å². The highest BCUT2D eigenvalue weighted by molar-refractivity contribution is 5.92. The summed E-state index contributed by atoms with van der Waals surface area (Å²) in [6, 6.07) is 9.08. The molecule has 3 heterocycles. The molecular weight excluding hydrogens is 322 g/mol. The van der Waals surface area contributed by atoms with Gasteiger partial charge in [-0.2, -0.15) is 5.10 Å². The maximum absolute atomic E-state index is 12.2. The Morgan fingerprint density at radius 3 is 2.72 bits per heavy atom. The molecule has 1 saturated heterocycles. The molecule has 0 saturated carbocycles. The molecule has 8 heteroatoms. The van der Waals surface area contributed by atoms with Crippen LogP contribution in [0.15, 0.2) is 47.5 Å². The molecule has 0 radical (unpaired) electrons. The van der Waals surface area contributed by atoms with Gasteiger partial charge in [0.05, 0.1) is 5.69 Å². The number of amides is 1. The first kappa shape index (κ1) is 15.4. The Bertz CT molecular complexity index is 836. The molecule has 8 nitrogen and oxygen atoms in total. The third-order valence-corrected chi connectivity index (χ3v) is 4.07. The van der Waals surface area contributed by atoms with Crippen molar-refractivity contribution in [3.63, 3.8) is 0 Å². The van der Waals surface area contributed by atoms with Gasteiger partial charge in [0.25, 0.3) is 5.91 Å². The Labute approximate surface area is 144 Å². The van der Waals surface area contributed by atoms with E-state index >= 15 is 0 Å². The van der Waals surface area contributed by atoms with Crippen LogP contribution in [0.1, 0.15) is 29.1 Å². The number of benzene rings is 1. The molecule has 0 atom stereocenters. The van der Waals surface area contributed by atoms with E-state index in [1.54, 1.807) is 22.0 Å². The van der Waals surface area contributed by atoms with Crippen LogP contribution < -0.4 is 4.74 Å². The predicted octanol–water partition coefficient (Wildman–Crippen LogP) is 2.07. The van der Waals surface area contributed by atoms with Crippen LogP contribution in [0.25, 0.3) is 5.69 Å². The van der Waals surface area contributed by atoms with E-state index < -0.39 is 0 Å². The number of carbonyl (C=O) groups excluding carboxylic acids is 1. The van der Waals surface area contributed by atoms with Gasteiger partial charge >= 0.3 is 0 Å². The van der Waals surface area contributed by atoms with Crippen molar-refractivity contribution in [3.8, 4) is 11.4 Å². The van der Waals surface area contributed by atoms with Crippen LogP contribution in [0, 0.1) is 0 Å². The summed E-state index contributed by atoms with van der Waals surface area (Å²) in [5, 5.41) is 7.92. The van der Waals surface area contributed by atoms with Gasteiger partial charge in [-0.25, -0.2) is 9.67 Å². The monoisotopic (exact) mass is 339 g/mol. The van der Waals surface area contributed by atoms with Crippen molar-refractivity contribution in [1.29, 1.82) is 0 Å². The molecule has 25 heavy (non-hydrogen) atoms. The van der Waals surface area contributed by atoms with Crippen LogP contribution >= 0.6 is 0 Å². The van der Waals surface area contributed by atoms with E-state index in [4.69, 9.17) is 9.26 Å². The summed E-state index contributed by atoms with van der Waals surface area (Å²) < 4.78 is 12.5. The van der Waals surface area contributed by atoms with E-state index in [9.17, 15) is 4.79 Å². The van der Waals surface area contributed by atoms with Gasteiger partial charge in [-0.05, 0) is 37.1 Å². The lowest BCUT2D eigenvalue weighted by atomic mass is 10.3. The van der Waals surface area contributed by atoms with Gasteiger partial charge in [-0.15, -0.1) is 0 Å². The number of hydrogen-bond donors (Lipinski definition) is 0. The molecule has 3 aromatic rings. The molecule has 4 rings (SSSR count). The molecule has 2 aromatic heterocycles. The minimum Gasteiger partial charge on any atom is -0.486 e. The molecule has 1 fully saturated rings. The smallest absolute Gasteiger partial charge is 0.276 e. The number of carbonyl (C=O) groups is 1. The summed E-state index contributed by atoms with van der Waals surface area (Å²) in [5.74, 6) is 1.13. The Balaban J connectivity index is 1.36. The summed E-state index contributed by atoms with van der Waals surface area (Å²) in [6.07, 6.45) is 5.20.